The van der Waals surface area contributed by atoms with Crippen LogP contribution >= 0.6 is 0 Å². The van der Waals surface area contributed by atoms with Crippen molar-refractivity contribution in [3.8, 4) is 0 Å². The first kappa shape index (κ1) is 18.1. The van der Waals surface area contributed by atoms with Crippen molar-refractivity contribution in [3.63, 3.8) is 0 Å². The molecule has 1 fully saturated rings. The van der Waals surface area contributed by atoms with E-state index in [1.165, 1.54) is 0 Å². The van der Waals surface area contributed by atoms with Gasteiger partial charge in [0, 0.05) is 20.2 Å². The minimum Gasteiger partial charge on any atom is -0.376 e. The van der Waals surface area contributed by atoms with Crippen LogP contribution in [0.3, 0.4) is 0 Å². The van der Waals surface area contributed by atoms with Crippen molar-refractivity contribution in [2.75, 3.05) is 20.2 Å². The maximum absolute atomic E-state index is 12.8. The average Bonchev–Trinajstić information content (AvgIpc) is 2.64. The van der Waals surface area contributed by atoms with Gasteiger partial charge in [-0.3, -0.25) is 0 Å². The van der Waals surface area contributed by atoms with E-state index < -0.39 is 10.0 Å². The number of hydrogen-bond donors (Lipinski definition) is 0. The summed E-state index contributed by atoms with van der Waals surface area (Å²) >= 11 is 0. The molecule has 2 aromatic carbocycles. The van der Waals surface area contributed by atoms with Gasteiger partial charge in [-0.1, -0.05) is 48.0 Å². The van der Waals surface area contributed by atoms with Crippen LogP contribution in [-0.4, -0.2) is 32.9 Å². The molecule has 0 saturated carbocycles. The van der Waals surface area contributed by atoms with Crippen molar-refractivity contribution in [2.45, 2.75) is 30.8 Å². The second-order valence-corrected chi connectivity index (χ2v) is 8.56. The standard InChI is InChI=1S/C20H25NO3S/c1-16-8-10-19(11-9-16)25(22,23)21-14-12-18(13-15-21)20(24-2)17-6-4-3-5-7-17/h3-11,18,20H,12-15H2,1-2H3/t20-/m0/s1. The number of aryl methyl sites for hydroxylation is 1. The van der Waals surface area contributed by atoms with E-state index in [9.17, 15) is 8.42 Å². The number of nitrogens with zero attached hydrogens (tertiary/aromatic N) is 1. The van der Waals surface area contributed by atoms with Crippen LogP contribution in [0.1, 0.15) is 30.1 Å². The number of rotatable bonds is 5. The van der Waals surface area contributed by atoms with E-state index in [0.717, 1.165) is 24.0 Å². The molecule has 2 aromatic rings. The maximum atomic E-state index is 12.8. The molecule has 0 radical (unpaired) electrons. The molecule has 134 valence electrons. The van der Waals surface area contributed by atoms with Gasteiger partial charge in [0.1, 0.15) is 0 Å². The fourth-order valence-electron chi connectivity index (χ4n) is 3.52. The second-order valence-electron chi connectivity index (χ2n) is 6.62. The Morgan fingerprint density at radius 1 is 1.00 bits per heavy atom. The minimum absolute atomic E-state index is 0.0189. The van der Waals surface area contributed by atoms with E-state index in [-0.39, 0.29) is 6.10 Å². The Kier molecular flexibility index (Phi) is 5.57. The molecule has 5 heteroatoms. The highest BCUT2D eigenvalue weighted by molar-refractivity contribution is 7.89. The molecular weight excluding hydrogens is 334 g/mol. The monoisotopic (exact) mass is 359 g/mol. The molecule has 1 heterocycles. The van der Waals surface area contributed by atoms with E-state index in [4.69, 9.17) is 4.74 Å². The second kappa shape index (κ2) is 7.68. The quantitative estimate of drug-likeness (QED) is 0.816. The van der Waals surface area contributed by atoms with Crippen molar-refractivity contribution in [3.05, 3.63) is 65.7 Å². The summed E-state index contributed by atoms with van der Waals surface area (Å²) in [6.07, 6.45) is 1.63. The lowest BCUT2D eigenvalue weighted by Gasteiger charge is -2.35. The van der Waals surface area contributed by atoms with Gasteiger partial charge in [0.2, 0.25) is 10.0 Å². The van der Waals surface area contributed by atoms with Crippen molar-refractivity contribution in [1.29, 1.82) is 0 Å². The molecule has 0 aliphatic carbocycles. The predicted octanol–water partition coefficient (Wildman–Crippen LogP) is 3.78. The molecule has 4 nitrogen and oxygen atoms in total. The third kappa shape index (κ3) is 3.94. The highest BCUT2D eigenvalue weighted by Crippen LogP contribution is 2.34. The van der Waals surface area contributed by atoms with Gasteiger partial charge in [-0.15, -0.1) is 0 Å². The van der Waals surface area contributed by atoms with Crippen LogP contribution in [0, 0.1) is 12.8 Å². The van der Waals surface area contributed by atoms with Crippen molar-refractivity contribution in [1.82, 2.24) is 4.31 Å². The molecule has 0 amide bonds. The highest BCUT2D eigenvalue weighted by Gasteiger charge is 2.33. The number of ether oxygens (including phenoxy) is 1. The van der Waals surface area contributed by atoms with E-state index in [2.05, 4.69) is 12.1 Å². The van der Waals surface area contributed by atoms with Gasteiger partial charge in [0.25, 0.3) is 0 Å². The predicted molar refractivity (Wildman–Crippen MR) is 98.9 cm³/mol. The third-order valence-electron chi connectivity index (χ3n) is 4.97. The summed E-state index contributed by atoms with van der Waals surface area (Å²) in [6.45, 7) is 3.03. The molecule has 25 heavy (non-hydrogen) atoms. The molecule has 1 saturated heterocycles. The topological polar surface area (TPSA) is 46.6 Å². The van der Waals surface area contributed by atoms with E-state index in [1.54, 1.807) is 23.5 Å². The number of sulfonamides is 1. The van der Waals surface area contributed by atoms with Gasteiger partial charge in [-0.2, -0.15) is 4.31 Å². The lowest BCUT2D eigenvalue weighted by molar-refractivity contribution is 0.0303. The summed E-state index contributed by atoms with van der Waals surface area (Å²) < 4.78 is 32.9. The van der Waals surface area contributed by atoms with E-state index in [0.29, 0.717) is 23.9 Å². The molecule has 1 aliphatic rings. The molecule has 0 bridgehead atoms. The van der Waals surface area contributed by atoms with Crippen molar-refractivity contribution >= 4 is 10.0 Å². The summed E-state index contributed by atoms with van der Waals surface area (Å²) in [5.74, 6) is 0.330. The Bertz CT molecular complexity index is 779. The zero-order valence-electron chi connectivity index (χ0n) is 14.8. The zero-order valence-corrected chi connectivity index (χ0v) is 15.6. The summed E-state index contributed by atoms with van der Waals surface area (Å²) in [5, 5.41) is 0. The molecule has 0 spiro atoms. The van der Waals surface area contributed by atoms with Crippen LogP contribution in [0.15, 0.2) is 59.5 Å². The molecular formula is C20H25NO3S. The van der Waals surface area contributed by atoms with Gasteiger partial charge in [0.05, 0.1) is 11.0 Å². The van der Waals surface area contributed by atoms with Gasteiger partial charge in [-0.05, 0) is 43.4 Å². The first-order valence-corrected chi connectivity index (χ1v) is 10.1. The minimum atomic E-state index is -3.41. The van der Waals surface area contributed by atoms with Gasteiger partial charge in [0.15, 0.2) is 0 Å². The van der Waals surface area contributed by atoms with Gasteiger partial charge >= 0.3 is 0 Å². The van der Waals surface area contributed by atoms with Crippen LogP contribution in [0.4, 0.5) is 0 Å². The van der Waals surface area contributed by atoms with Crippen LogP contribution in [0.25, 0.3) is 0 Å². The molecule has 0 N–H and O–H groups in total. The molecule has 1 atom stereocenters. The molecule has 3 rings (SSSR count). The number of benzene rings is 2. The number of methoxy groups -OCH3 is 1. The fourth-order valence-corrected chi connectivity index (χ4v) is 4.99. The van der Waals surface area contributed by atoms with Gasteiger partial charge in [-0.25, -0.2) is 8.42 Å². The van der Waals surface area contributed by atoms with E-state index >= 15 is 0 Å². The lowest BCUT2D eigenvalue weighted by Crippen LogP contribution is -2.39. The van der Waals surface area contributed by atoms with Crippen LogP contribution in [0.5, 0.6) is 0 Å². The number of piperidine rings is 1. The average molecular weight is 359 g/mol. The Labute approximate surface area is 150 Å². The van der Waals surface area contributed by atoms with Crippen molar-refractivity contribution < 1.29 is 13.2 Å². The SMILES string of the molecule is CO[C@@H](c1ccccc1)C1CCN(S(=O)(=O)c2ccc(C)cc2)CC1. The van der Waals surface area contributed by atoms with E-state index in [1.807, 2.05) is 37.3 Å². The first-order chi connectivity index (χ1) is 12.0. The third-order valence-corrected chi connectivity index (χ3v) is 6.88. The smallest absolute Gasteiger partial charge is 0.243 e. The first-order valence-electron chi connectivity index (χ1n) is 8.67. The Balaban J connectivity index is 1.70. The van der Waals surface area contributed by atoms with Gasteiger partial charge < -0.3 is 4.74 Å². The summed E-state index contributed by atoms with van der Waals surface area (Å²) in [5.41, 5.74) is 2.22. The summed E-state index contributed by atoms with van der Waals surface area (Å²) in [4.78, 5) is 0.378. The van der Waals surface area contributed by atoms with Crippen LogP contribution < -0.4 is 0 Å². The molecule has 1 aliphatic heterocycles. The fraction of sp³-hybridized carbons (Fsp3) is 0.400. The molecule has 0 aromatic heterocycles. The van der Waals surface area contributed by atoms with Crippen LogP contribution in [-0.2, 0) is 14.8 Å². The summed E-state index contributed by atoms with van der Waals surface area (Å²) in [7, 11) is -1.68. The Hall–Kier alpha value is -1.69. The van der Waals surface area contributed by atoms with Crippen LogP contribution in [0.2, 0.25) is 0 Å². The highest BCUT2D eigenvalue weighted by atomic mass is 32.2. The van der Waals surface area contributed by atoms with Crippen molar-refractivity contribution in [2.24, 2.45) is 5.92 Å². The molecule has 0 unspecified atom stereocenters. The summed E-state index contributed by atoms with van der Waals surface area (Å²) in [6, 6.07) is 17.2. The zero-order chi connectivity index (χ0) is 17.9. The lowest BCUT2D eigenvalue weighted by atomic mass is 9.88. The maximum Gasteiger partial charge on any atom is 0.243 e. The Morgan fingerprint density at radius 3 is 2.16 bits per heavy atom. The number of hydrogen-bond acceptors (Lipinski definition) is 3. The Morgan fingerprint density at radius 2 is 1.60 bits per heavy atom. The normalized spacial score (nSPS) is 18.2. The largest absolute Gasteiger partial charge is 0.376 e.